The zero-order valence-corrected chi connectivity index (χ0v) is 12.2. The van der Waals surface area contributed by atoms with Crippen molar-refractivity contribution >= 4 is 5.91 Å². The Bertz CT molecular complexity index is 501. The fourth-order valence-corrected chi connectivity index (χ4v) is 3.42. The Hall–Kier alpha value is -1.55. The van der Waals surface area contributed by atoms with E-state index in [0.717, 1.165) is 49.2 Å². The largest absolute Gasteiger partial charge is 0.496 e. The number of hydrogen-bond acceptors (Lipinski definition) is 3. The number of fused-ring (bicyclic) bond motifs is 2. The minimum Gasteiger partial charge on any atom is -0.496 e. The molecule has 2 heterocycles. The van der Waals surface area contributed by atoms with Gasteiger partial charge in [0, 0.05) is 24.2 Å². The third-order valence-electron chi connectivity index (χ3n) is 4.54. The molecule has 2 atom stereocenters. The molecule has 1 amide bonds. The van der Waals surface area contributed by atoms with Crippen molar-refractivity contribution in [2.24, 2.45) is 0 Å². The third-order valence-corrected chi connectivity index (χ3v) is 4.54. The van der Waals surface area contributed by atoms with Gasteiger partial charge in [-0.1, -0.05) is 6.07 Å². The normalized spacial score (nSPS) is 25.4. The van der Waals surface area contributed by atoms with Crippen molar-refractivity contribution in [1.82, 2.24) is 10.2 Å². The molecule has 2 aliphatic heterocycles. The molecule has 2 bridgehead atoms. The van der Waals surface area contributed by atoms with Crippen LogP contribution >= 0.6 is 0 Å². The van der Waals surface area contributed by atoms with Crippen LogP contribution in [0.5, 0.6) is 5.75 Å². The van der Waals surface area contributed by atoms with Gasteiger partial charge in [0.1, 0.15) is 5.75 Å². The highest BCUT2D eigenvalue weighted by atomic mass is 16.5. The van der Waals surface area contributed by atoms with Crippen LogP contribution in [0.3, 0.4) is 0 Å². The van der Waals surface area contributed by atoms with Crippen LogP contribution in [-0.4, -0.2) is 43.1 Å². The van der Waals surface area contributed by atoms with Crippen LogP contribution in [0, 0.1) is 6.92 Å². The second kappa shape index (κ2) is 5.44. The number of rotatable bonds is 2. The van der Waals surface area contributed by atoms with E-state index in [0.29, 0.717) is 12.1 Å². The predicted molar refractivity (Wildman–Crippen MR) is 78.2 cm³/mol. The molecule has 2 aliphatic rings. The van der Waals surface area contributed by atoms with Gasteiger partial charge in [-0.3, -0.25) is 4.79 Å². The fraction of sp³-hybridized carbons (Fsp3) is 0.562. The molecule has 0 radical (unpaired) electrons. The molecule has 1 aromatic rings. The molecule has 2 saturated heterocycles. The fourth-order valence-electron chi connectivity index (χ4n) is 3.42. The van der Waals surface area contributed by atoms with Gasteiger partial charge in [0.25, 0.3) is 5.91 Å². The quantitative estimate of drug-likeness (QED) is 0.896. The van der Waals surface area contributed by atoms with Gasteiger partial charge in [-0.2, -0.15) is 0 Å². The molecule has 1 aromatic carbocycles. The molecule has 4 nitrogen and oxygen atoms in total. The number of carbonyl (C=O) groups is 1. The molecule has 0 aromatic heterocycles. The van der Waals surface area contributed by atoms with Crippen molar-refractivity contribution in [3.8, 4) is 5.75 Å². The molecular formula is C16H22N2O2. The highest BCUT2D eigenvalue weighted by Gasteiger charge is 2.38. The molecule has 20 heavy (non-hydrogen) atoms. The summed E-state index contributed by atoms with van der Waals surface area (Å²) in [5, 5.41) is 3.43. The smallest absolute Gasteiger partial charge is 0.254 e. The highest BCUT2D eigenvalue weighted by Crippen LogP contribution is 2.30. The maximum Gasteiger partial charge on any atom is 0.254 e. The molecule has 108 valence electrons. The Kier molecular flexibility index (Phi) is 3.66. The van der Waals surface area contributed by atoms with E-state index in [4.69, 9.17) is 4.74 Å². The summed E-state index contributed by atoms with van der Waals surface area (Å²) in [6, 6.07) is 6.49. The maximum absolute atomic E-state index is 12.8. The van der Waals surface area contributed by atoms with E-state index in [9.17, 15) is 4.79 Å². The van der Waals surface area contributed by atoms with Gasteiger partial charge in [-0.15, -0.1) is 0 Å². The van der Waals surface area contributed by atoms with E-state index in [2.05, 4.69) is 10.2 Å². The first kappa shape index (κ1) is 13.4. The van der Waals surface area contributed by atoms with E-state index < -0.39 is 0 Å². The van der Waals surface area contributed by atoms with Crippen molar-refractivity contribution in [2.45, 2.75) is 38.3 Å². The van der Waals surface area contributed by atoms with Crippen LogP contribution in [0.1, 0.15) is 35.2 Å². The molecule has 0 spiro atoms. The summed E-state index contributed by atoms with van der Waals surface area (Å²) in [6.07, 6.45) is 3.32. The van der Waals surface area contributed by atoms with Gasteiger partial charge >= 0.3 is 0 Å². The van der Waals surface area contributed by atoms with Crippen LogP contribution in [-0.2, 0) is 0 Å². The summed E-state index contributed by atoms with van der Waals surface area (Å²) in [7, 11) is 1.65. The van der Waals surface area contributed by atoms with Crippen molar-refractivity contribution in [2.75, 3.05) is 20.2 Å². The topological polar surface area (TPSA) is 41.6 Å². The average Bonchev–Trinajstić information content (AvgIpc) is 2.72. The molecule has 2 fully saturated rings. The standard InChI is InChI=1S/C16H22N2O2/c1-11-3-4-12(9-15(11)20-2)16(19)18-13-5-6-14(18)10-17-8-7-13/h3-4,9,13-14,17H,5-8,10H2,1-2H3. The number of nitrogens with zero attached hydrogens (tertiary/aromatic N) is 1. The first-order valence-corrected chi connectivity index (χ1v) is 7.38. The van der Waals surface area contributed by atoms with E-state index in [1.807, 2.05) is 25.1 Å². The van der Waals surface area contributed by atoms with Crippen molar-refractivity contribution in [3.63, 3.8) is 0 Å². The Morgan fingerprint density at radius 2 is 2.10 bits per heavy atom. The molecule has 3 rings (SSSR count). The lowest BCUT2D eigenvalue weighted by Gasteiger charge is -2.28. The lowest BCUT2D eigenvalue weighted by Crippen LogP contribution is -2.42. The van der Waals surface area contributed by atoms with Gasteiger partial charge < -0.3 is 15.0 Å². The Balaban J connectivity index is 1.88. The summed E-state index contributed by atoms with van der Waals surface area (Å²) in [5.41, 5.74) is 1.80. The number of carbonyl (C=O) groups excluding carboxylic acids is 1. The summed E-state index contributed by atoms with van der Waals surface area (Å²) < 4.78 is 5.33. The number of nitrogens with one attached hydrogen (secondary N) is 1. The number of hydrogen-bond donors (Lipinski definition) is 1. The van der Waals surface area contributed by atoms with Crippen molar-refractivity contribution in [3.05, 3.63) is 29.3 Å². The van der Waals surface area contributed by atoms with Gasteiger partial charge in [-0.05, 0) is 50.4 Å². The van der Waals surface area contributed by atoms with Gasteiger partial charge in [0.2, 0.25) is 0 Å². The summed E-state index contributed by atoms with van der Waals surface area (Å²) in [5.74, 6) is 0.940. The van der Waals surface area contributed by atoms with E-state index in [1.54, 1.807) is 7.11 Å². The second-order valence-corrected chi connectivity index (χ2v) is 5.77. The minimum atomic E-state index is 0.152. The van der Waals surface area contributed by atoms with E-state index in [-0.39, 0.29) is 5.91 Å². The highest BCUT2D eigenvalue weighted by molar-refractivity contribution is 5.95. The average molecular weight is 274 g/mol. The number of aryl methyl sites for hydroxylation is 1. The number of benzene rings is 1. The zero-order valence-electron chi connectivity index (χ0n) is 12.2. The molecule has 0 saturated carbocycles. The van der Waals surface area contributed by atoms with Crippen molar-refractivity contribution in [1.29, 1.82) is 0 Å². The van der Waals surface area contributed by atoms with E-state index >= 15 is 0 Å². The Morgan fingerprint density at radius 3 is 2.90 bits per heavy atom. The van der Waals surface area contributed by atoms with Crippen LogP contribution in [0.2, 0.25) is 0 Å². The van der Waals surface area contributed by atoms with Crippen LogP contribution < -0.4 is 10.1 Å². The van der Waals surface area contributed by atoms with Gasteiger partial charge in [0.15, 0.2) is 0 Å². The molecular weight excluding hydrogens is 252 g/mol. The predicted octanol–water partition coefficient (Wildman–Crippen LogP) is 1.97. The third kappa shape index (κ3) is 2.29. The SMILES string of the molecule is COc1cc(C(=O)N2C3CCNCC2CC3)ccc1C. The summed E-state index contributed by atoms with van der Waals surface area (Å²) in [4.78, 5) is 14.9. The van der Waals surface area contributed by atoms with E-state index in [1.165, 1.54) is 0 Å². The summed E-state index contributed by atoms with van der Waals surface area (Å²) in [6.45, 7) is 3.93. The molecule has 1 N–H and O–H groups in total. The molecule has 0 aliphatic carbocycles. The minimum absolute atomic E-state index is 0.152. The van der Waals surface area contributed by atoms with Crippen molar-refractivity contribution < 1.29 is 9.53 Å². The maximum atomic E-state index is 12.8. The number of ether oxygens (including phenoxy) is 1. The number of amides is 1. The first-order valence-electron chi connectivity index (χ1n) is 7.38. The Morgan fingerprint density at radius 1 is 1.30 bits per heavy atom. The molecule has 4 heteroatoms. The van der Waals surface area contributed by atoms with Crippen LogP contribution in [0.4, 0.5) is 0 Å². The first-order chi connectivity index (χ1) is 9.70. The monoisotopic (exact) mass is 274 g/mol. The second-order valence-electron chi connectivity index (χ2n) is 5.77. The summed E-state index contributed by atoms with van der Waals surface area (Å²) >= 11 is 0. The lowest BCUT2D eigenvalue weighted by molar-refractivity contribution is 0.0680. The van der Waals surface area contributed by atoms with Gasteiger partial charge in [-0.25, -0.2) is 0 Å². The lowest BCUT2D eigenvalue weighted by atomic mass is 10.1. The van der Waals surface area contributed by atoms with Crippen LogP contribution in [0.15, 0.2) is 18.2 Å². The Labute approximate surface area is 120 Å². The zero-order chi connectivity index (χ0) is 14.1. The molecule has 2 unspecified atom stereocenters. The number of methoxy groups -OCH3 is 1. The van der Waals surface area contributed by atoms with Gasteiger partial charge in [0.05, 0.1) is 7.11 Å². The van der Waals surface area contributed by atoms with Crippen LogP contribution in [0.25, 0.3) is 0 Å².